The molecule has 2 rings (SSSR count). The van der Waals surface area contributed by atoms with Crippen LogP contribution in [0.4, 0.5) is 4.39 Å². The first kappa shape index (κ1) is 4.77. The van der Waals surface area contributed by atoms with Crippen molar-refractivity contribution >= 4 is 0 Å². The van der Waals surface area contributed by atoms with Crippen molar-refractivity contribution in [1.29, 1.82) is 0 Å². The summed E-state index contributed by atoms with van der Waals surface area (Å²) in [6.07, 6.45) is -1.16. The molecular formula is C8H14FNO. The van der Waals surface area contributed by atoms with Crippen LogP contribution in [0.2, 0.25) is 0 Å². The minimum Gasteiger partial charge on any atom is -0.394 e. The summed E-state index contributed by atoms with van der Waals surface area (Å²) in [6.45, 7) is -1.93. The SMILES string of the molecule is [2H]C([2H])(O)[C@]12CCCN1C[C@@]([2H])(F)C2. The molecule has 0 unspecified atom stereocenters. The fourth-order valence-corrected chi connectivity index (χ4v) is 2.11. The van der Waals surface area contributed by atoms with E-state index in [0.717, 1.165) is 6.42 Å². The summed E-state index contributed by atoms with van der Waals surface area (Å²) >= 11 is 0. The van der Waals surface area contributed by atoms with Gasteiger partial charge in [-0.2, -0.15) is 0 Å². The van der Waals surface area contributed by atoms with Crippen molar-refractivity contribution < 1.29 is 13.6 Å². The highest BCUT2D eigenvalue weighted by Crippen LogP contribution is 2.39. The quantitative estimate of drug-likeness (QED) is 0.609. The lowest BCUT2D eigenvalue weighted by molar-refractivity contribution is 0.0996. The smallest absolute Gasteiger partial charge is 0.115 e. The Morgan fingerprint density at radius 3 is 3.36 bits per heavy atom. The summed E-state index contributed by atoms with van der Waals surface area (Å²) in [5.41, 5.74) is -1.16. The van der Waals surface area contributed by atoms with Crippen molar-refractivity contribution in [2.45, 2.75) is 30.9 Å². The molecule has 2 saturated heterocycles. The number of rotatable bonds is 1. The average Bonchev–Trinajstić information content (AvgIpc) is 2.37. The molecule has 3 heteroatoms. The summed E-state index contributed by atoms with van der Waals surface area (Å²) in [5, 5.41) is 9.45. The third-order valence-corrected chi connectivity index (χ3v) is 2.68. The topological polar surface area (TPSA) is 23.5 Å². The van der Waals surface area contributed by atoms with E-state index in [2.05, 4.69) is 0 Å². The molecule has 0 aromatic rings. The van der Waals surface area contributed by atoms with Crippen LogP contribution in [-0.2, 0) is 0 Å². The Balaban J connectivity index is 2.33. The zero-order valence-electron chi connectivity index (χ0n) is 9.31. The molecule has 1 N–H and O–H groups in total. The average molecular weight is 162 g/mol. The second-order valence-electron chi connectivity index (χ2n) is 3.36. The van der Waals surface area contributed by atoms with Gasteiger partial charge < -0.3 is 5.11 Å². The highest BCUT2D eigenvalue weighted by Gasteiger charge is 2.47. The Labute approximate surface area is 70.2 Å². The molecule has 0 aromatic carbocycles. The minimum absolute atomic E-state index is 0.0902. The van der Waals surface area contributed by atoms with Crippen molar-refractivity contribution in [2.24, 2.45) is 0 Å². The van der Waals surface area contributed by atoms with Crippen LogP contribution in [0, 0.1) is 0 Å². The molecule has 0 aliphatic carbocycles. The Morgan fingerprint density at radius 2 is 2.73 bits per heavy atom. The number of hydrogen-bond donors (Lipinski definition) is 1. The highest BCUT2D eigenvalue weighted by molar-refractivity contribution is 5.03. The van der Waals surface area contributed by atoms with Crippen LogP contribution in [0.25, 0.3) is 0 Å². The molecule has 0 saturated carbocycles. The number of halogens is 1. The van der Waals surface area contributed by atoms with Crippen LogP contribution in [0.5, 0.6) is 0 Å². The lowest BCUT2D eigenvalue weighted by atomic mass is 9.95. The third kappa shape index (κ3) is 0.983. The van der Waals surface area contributed by atoms with Gasteiger partial charge in [-0.25, -0.2) is 4.39 Å². The molecular weight excluding hydrogens is 145 g/mol. The van der Waals surface area contributed by atoms with Gasteiger partial charge in [0.05, 0.1) is 10.7 Å². The van der Waals surface area contributed by atoms with Gasteiger partial charge >= 0.3 is 0 Å². The zero-order valence-corrected chi connectivity index (χ0v) is 6.31. The van der Waals surface area contributed by atoms with Gasteiger partial charge in [-0.1, -0.05) is 0 Å². The highest BCUT2D eigenvalue weighted by atomic mass is 19.1. The van der Waals surface area contributed by atoms with E-state index < -0.39 is 18.2 Å². The predicted octanol–water partition coefficient (Wildman–Crippen LogP) is 0.555. The van der Waals surface area contributed by atoms with Crippen molar-refractivity contribution in [3.63, 3.8) is 0 Å². The largest absolute Gasteiger partial charge is 0.394 e. The minimum atomic E-state index is -2.42. The molecule has 2 aliphatic heterocycles. The van der Waals surface area contributed by atoms with Gasteiger partial charge in [-0.05, 0) is 19.4 Å². The van der Waals surface area contributed by atoms with E-state index in [4.69, 9.17) is 4.11 Å². The van der Waals surface area contributed by atoms with E-state index in [1.54, 1.807) is 4.90 Å². The number of fused-ring (bicyclic) bond motifs is 1. The molecule has 2 nitrogen and oxygen atoms in total. The number of nitrogens with zero attached hydrogens (tertiary/aromatic N) is 1. The van der Waals surface area contributed by atoms with Crippen LogP contribution < -0.4 is 0 Å². The van der Waals surface area contributed by atoms with E-state index in [-0.39, 0.29) is 13.0 Å². The van der Waals surface area contributed by atoms with E-state index in [0.29, 0.717) is 13.0 Å². The molecule has 64 valence electrons. The first-order valence-corrected chi connectivity index (χ1v) is 3.93. The van der Waals surface area contributed by atoms with Crippen LogP contribution in [0.3, 0.4) is 0 Å². The lowest BCUT2D eigenvalue weighted by Crippen LogP contribution is -2.41. The number of hydrogen-bond acceptors (Lipinski definition) is 2. The van der Waals surface area contributed by atoms with E-state index in [1.165, 1.54) is 0 Å². The normalized spacial score (nSPS) is 56.7. The standard InChI is InChI=1S/C8H14FNO/c9-7-4-8(6-11)2-1-3-10(8)5-7/h7,11H,1-6H2/t7-,8+/m0/s1/i6D2,7D. The van der Waals surface area contributed by atoms with Crippen LogP contribution in [0.1, 0.15) is 23.4 Å². The van der Waals surface area contributed by atoms with Crippen LogP contribution >= 0.6 is 0 Å². The zero-order chi connectivity index (χ0) is 10.6. The van der Waals surface area contributed by atoms with Crippen molar-refractivity contribution in [3.05, 3.63) is 0 Å². The molecule has 0 amide bonds. The second-order valence-corrected chi connectivity index (χ2v) is 3.36. The van der Waals surface area contributed by atoms with Crippen molar-refractivity contribution in [3.8, 4) is 0 Å². The molecule has 11 heavy (non-hydrogen) atoms. The molecule has 2 fully saturated rings. The first-order chi connectivity index (χ1) is 6.27. The van der Waals surface area contributed by atoms with Gasteiger partial charge in [0, 0.05) is 18.5 Å². The Bertz CT molecular complexity index is 255. The molecule has 2 aliphatic rings. The summed E-state index contributed by atoms with van der Waals surface area (Å²) in [6, 6.07) is 0. The fourth-order valence-electron chi connectivity index (χ4n) is 2.11. The molecule has 2 heterocycles. The Kier molecular flexibility index (Phi) is 1.05. The number of aliphatic hydroxyl groups is 1. The lowest BCUT2D eigenvalue weighted by Gasteiger charge is -2.28. The third-order valence-electron chi connectivity index (χ3n) is 2.68. The van der Waals surface area contributed by atoms with Crippen LogP contribution in [-0.4, -0.2) is 41.3 Å². The summed E-state index contributed by atoms with van der Waals surface area (Å²) in [5.74, 6) is 0. The Morgan fingerprint density at radius 1 is 1.91 bits per heavy atom. The first-order valence-electron chi connectivity index (χ1n) is 5.43. The van der Waals surface area contributed by atoms with Crippen molar-refractivity contribution in [1.82, 2.24) is 4.90 Å². The summed E-state index contributed by atoms with van der Waals surface area (Å²) < 4.78 is 35.5. The van der Waals surface area contributed by atoms with Crippen LogP contribution in [0.15, 0.2) is 0 Å². The maximum Gasteiger partial charge on any atom is 0.115 e. The van der Waals surface area contributed by atoms with Gasteiger partial charge in [0.2, 0.25) is 0 Å². The van der Waals surface area contributed by atoms with Gasteiger partial charge in [0.1, 0.15) is 6.15 Å². The van der Waals surface area contributed by atoms with Crippen molar-refractivity contribution in [2.75, 3.05) is 19.6 Å². The van der Waals surface area contributed by atoms with E-state index in [1.807, 2.05) is 0 Å². The Hall–Kier alpha value is -0.150. The van der Waals surface area contributed by atoms with Gasteiger partial charge in [0.25, 0.3) is 0 Å². The summed E-state index contributed by atoms with van der Waals surface area (Å²) in [4.78, 5) is 1.58. The maximum atomic E-state index is 13.5. The number of alkyl halides is 1. The molecule has 0 spiro atoms. The molecule has 0 aromatic heterocycles. The predicted molar refractivity (Wildman–Crippen MR) is 40.1 cm³/mol. The molecule has 0 radical (unpaired) electrons. The second kappa shape index (κ2) is 2.42. The molecule has 2 atom stereocenters. The summed E-state index contributed by atoms with van der Waals surface area (Å²) in [7, 11) is 0. The van der Waals surface area contributed by atoms with E-state index in [9.17, 15) is 9.50 Å². The van der Waals surface area contributed by atoms with Gasteiger partial charge in [-0.15, -0.1) is 0 Å². The van der Waals surface area contributed by atoms with Gasteiger partial charge in [-0.3, -0.25) is 4.90 Å². The fraction of sp³-hybridized carbons (Fsp3) is 1.00. The van der Waals surface area contributed by atoms with Gasteiger partial charge in [0.15, 0.2) is 0 Å². The monoisotopic (exact) mass is 162 g/mol. The van der Waals surface area contributed by atoms with E-state index >= 15 is 0 Å². The maximum absolute atomic E-state index is 13.5. The molecule has 0 bridgehead atoms.